The van der Waals surface area contributed by atoms with Crippen LogP contribution in [0.1, 0.15) is 52.9 Å². The van der Waals surface area contributed by atoms with Crippen LogP contribution >= 0.6 is 0 Å². The lowest BCUT2D eigenvalue weighted by Crippen LogP contribution is -2.63. The Bertz CT molecular complexity index is 526. The zero-order chi connectivity index (χ0) is 18.2. The van der Waals surface area contributed by atoms with Crippen molar-refractivity contribution in [1.82, 2.24) is 5.32 Å². The number of carbonyl (C=O) groups is 2. The molecule has 0 radical (unpaired) electrons. The van der Waals surface area contributed by atoms with Gasteiger partial charge in [0.05, 0.1) is 6.54 Å². The first kappa shape index (κ1) is 18.3. The Morgan fingerprint density at radius 1 is 1.12 bits per heavy atom. The minimum Gasteiger partial charge on any atom is -0.460 e. The highest BCUT2D eigenvalue weighted by molar-refractivity contribution is 5.86. The zero-order valence-electron chi connectivity index (χ0n) is 15.7. The molecule has 1 amide bonds. The second kappa shape index (κ2) is 7.00. The highest BCUT2D eigenvalue weighted by Gasteiger charge is 2.60. The number of ether oxygens (including phenoxy) is 2. The van der Waals surface area contributed by atoms with Gasteiger partial charge in [-0.1, -0.05) is 20.4 Å². The molecule has 4 aliphatic carbocycles. The summed E-state index contributed by atoms with van der Waals surface area (Å²) in [6.45, 7) is 9.89. The van der Waals surface area contributed by atoms with Crippen LogP contribution in [-0.2, 0) is 14.3 Å². The van der Waals surface area contributed by atoms with Gasteiger partial charge in [0, 0.05) is 5.57 Å². The van der Waals surface area contributed by atoms with E-state index >= 15 is 0 Å². The number of hydrogen-bond acceptors (Lipinski definition) is 4. The summed E-state index contributed by atoms with van der Waals surface area (Å²) in [4.78, 5) is 23.8. The number of rotatable bonds is 6. The quantitative estimate of drug-likeness (QED) is 0.451. The maximum absolute atomic E-state index is 12.4. The van der Waals surface area contributed by atoms with E-state index in [1.165, 1.54) is 32.1 Å². The molecular weight excluding hydrogens is 318 g/mol. The molecule has 0 aromatic rings. The standard InChI is InChI=1S/C20H31NO4/c1-12(2)18(22)24-6-5-21-19(23)25-20(13(3)4)16-8-14-7-15(10-16)11-17(20)9-14/h13-17H,1,5-11H2,2-4H3,(H,21,23). The van der Waals surface area contributed by atoms with Gasteiger partial charge in [-0.25, -0.2) is 9.59 Å². The van der Waals surface area contributed by atoms with Gasteiger partial charge in [-0.05, 0) is 68.6 Å². The van der Waals surface area contributed by atoms with E-state index in [0.29, 0.717) is 23.3 Å². The molecule has 4 bridgehead atoms. The van der Waals surface area contributed by atoms with Crippen LogP contribution in [0.25, 0.3) is 0 Å². The molecule has 0 saturated heterocycles. The van der Waals surface area contributed by atoms with Crippen molar-refractivity contribution in [2.24, 2.45) is 29.6 Å². The smallest absolute Gasteiger partial charge is 0.407 e. The fraction of sp³-hybridized carbons (Fsp3) is 0.800. The topological polar surface area (TPSA) is 64.6 Å². The van der Waals surface area contributed by atoms with Crippen LogP contribution in [0.15, 0.2) is 12.2 Å². The van der Waals surface area contributed by atoms with Gasteiger partial charge in [0.25, 0.3) is 0 Å². The maximum atomic E-state index is 12.4. The number of hydrogen-bond donors (Lipinski definition) is 1. The van der Waals surface area contributed by atoms with Crippen LogP contribution in [0.5, 0.6) is 0 Å². The predicted octanol–water partition coefficient (Wildman–Crippen LogP) is 3.68. The molecule has 0 unspecified atom stereocenters. The second-order valence-corrected chi connectivity index (χ2v) is 8.55. The summed E-state index contributed by atoms with van der Waals surface area (Å²) in [6, 6.07) is 0. The molecule has 4 aliphatic rings. The van der Waals surface area contributed by atoms with Gasteiger partial charge in [-0.3, -0.25) is 0 Å². The third-order valence-electron chi connectivity index (χ3n) is 6.54. The van der Waals surface area contributed by atoms with Gasteiger partial charge in [0.15, 0.2) is 0 Å². The summed E-state index contributed by atoms with van der Waals surface area (Å²) in [6.07, 6.45) is 5.81. The Morgan fingerprint density at radius 2 is 1.68 bits per heavy atom. The van der Waals surface area contributed by atoms with Gasteiger partial charge < -0.3 is 14.8 Å². The van der Waals surface area contributed by atoms with E-state index in [1.54, 1.807) is 6.92 Å². The lowest BCUT2D eigenvalue weighted by molar-refractivity contribution is -0.195. The van der Waals surface area contributed by atoms with Crippen LogP contribution in [0.2, 0.25) is 0 Å². The average molecular weight is 349 g/mol. The molecule has 0 aromatic heterocycles. The zero-order valence-corrected chi connectivity index (χ0v) is 15.7. The van der Waals surface area contributed by atoms with Crippen LogP contribution in [0, 0.1) is 29.6 Å². The maximum Gasteiger partial charge on any atom is 0.407 e. The molecule has 25 heavy (non-hydrogen) atoms. The van der Waals surface area contributed by atoms with Gasteiger partial charge in [0.2, 0.25) is 0 Å². The van der Waals surface area contributed by atoms with E-state index in [-0.39, 0.29) is 24.8 Å². The van der Waals surface area contributed by atoms with E-state index in [4.69, 9.17) is 9.47 Å². The lowest BCUT2D eigenvalue weighted by Gasteiger charge is -2.61. The summed E-state index contributed by atoms with van der Waals surface area (Å²) in [5.41, 5.74) is 0.0289. The first-order valence-electron chi connectivity index (χ1n) is 9.62. The van der Waals surface area contributed by atoms with Crippen molar-refractivity contribution in [2.45, 2.75) is 58.5 Å². The number of esters is 1. The third kappa shape index (κ3) is 3.42. The molecule has 4 saturated carbocycles. The highest BCUT2D eigenvalue weighted by Crippen LogP contribution is 2.61. The predicted molar refractivity (Wildman–Crippen MR) is 94.9 cm³/mol. The van der Waals surface area contributed by atoms with E-state index in [9.17, 15) is 9.59 Å². The van der Waals surface area contributed by atoms with Crippen molar-refractivity contribution in [3.63, 3.8) is 0 Å². The van der Waals surface area contributed by atoms with Crippen LogP contribution in [0.4, 0.5) is 4.79 Å². The Hall–Kier alpha value is -1.52. The Labute approximate surface area is 150 Å². The summed E-state index contributed by atoms with van der Waals surface area (Å²) < 4.78 is 11.1. The molecule has 0 spiro atoms. The van der Waals surface area contributed by atoms with E-state index < -0.39 is 5.97 Å². The second-order valence-electron chi connectivity index (χ2n) is 8.55. The van der Waals surface area contributed by atoms with Crippen LogP contribution in [-0.4, -0.2) is 30.8 Å². The molecule has 0 aliphatic heterocycles. The largest absolute Gasteiger partial charge is 0.460 e. The summed E-state index contributed by atoms with van der Waals surface area (Å²) >= 11 is 0. The van der Waals surface area contributed by atoms with Crippen molar-refractivity contribution < 1.29 is 19.1 Å². The van der Waals surface area contributed by atoms with E-state index in [0.717, 1.165) is 11.8 Å². The molecule has 5 heteroatoms. The summed E-state index contributed by atoms with van der Waals surface area (Å²) in [5, 5.41) is 2.75. The van der Waals surface area contributed by atoms with Crippen LogP contribution < -0.4 is 5.32 Å². The number of alkyl carbamates (subject to hydrolysis) is 1. The minimum absolute atomic E-state index is 0.131. The molecule has 0 aromatic carbocycles. The first-order valence-corrected chi connectivity index (χ1v) is 9.62. The van der Waals surface area contributed by atoms with E-state index in [2.05, 4.69) is 25.7 Å². The van der Waals surface area contributed by atoms with E-state index in [1.807, 2.05) is 0 Å². The van der Waals surface area contributed by atoms with Crippen LogP contribution in [0.3, 0.4) is 0 Å². The number of nitrogens with one attached hydrogen (secondary N) is 1. The Morgan fingerprint density at radius 3 is 2.16 bits per heavy atom. The Kier molecular flexibility index (Phi) is 5.12. The van der Waals surface area contributed by atoms with Crippen molar-refractivity contribution in [3.05, 3.63) is 12.2 Å². The first-order chi connectivity index (χ1) is 11.8. The molecular formula is C20H31NO4. The number of carbonyl (C=O) groups excluding carboxylic acids is 2. The number of amides is 1. The van der Waals surface area contributed by atoms with Gasteiger partial charge in [0.1, 0.15) is 12.2 Å². The Balaban J connectivity index is 1.56. The van der Waals surface area contributed by atoms with Crippen molar-refractivity contribution in [2.75, 3.05) is 13.2 Å². The fourth-order valence-electron chi connectivity index (χ4n) is 5.76. The molecule has 140 valence electrons. The fourth-order valence-corrected chi connectivity index (χ4v) is 5.76. The SMILES string of the molecule is C=C(C)C(=O)OCCNC(=O)OC1(C(C)C)C2CC3CC(C2)CC1C3. The third-order valence-corrected chi connectivity index (χ3v) is 6.54. The van der Waals surface area contributed by atoms with Gasteiger partial charge >= 0.3 is 12.1 Å². The van der Waals surface area contributed by atoms with Crippen molar-refractivity contribution >= 4 is 12.1 Å². The summed E-state index contributed by atoms with van der Waals surface area (Å²) in [5.74, 6) is 2.54. The molecule has 5 nitrogen and oxygen atoms in total. The monoisotopic (exact) mass is 349 g/mol. The van der Waals surface area contributed by atoms with Gasteiger partial charge in [-0.2, -0.15) is 0 Å². The lowest BCUT2D eigenvalue weighted by atomic mass is 9.47. The van der Waals surface area contributed by atoms with Gasteiger partial charge in [-0.15, -0.1) is 0 Å². The molecule has 1 N–H and O–H groups in total. The highest BCUT2D eigenvalue weighted by atomic mass is 16.6. The molecule has 0 heterocycles. The normalized spacial score (nSPS) is 35.5. The van der Waals surface area contributed by atoms with Crippen molar-refractivity contribution in [1.29, 1.82) is 0 Å². The summed E-state index contributed by atoms with van der Waals surface area (Å²) in [7, 11) is 0. The average Bonchev–Trinajstić information content (AvgIpc) is 2.53. The molecule has 0 atom stereocenters. The minimum atomic E-state index is -0.435. The van der Waals surface area contributed by atoms with Crippen molar-refractivity contribution in [3.8, 4) is 0 Å². The molecule has 4 rings (SSSR count). The molecule has 4 fully saturated rings.